The van der Waals surface area contributed by atoms with Crippen LogP contribution < -0.4 is 4.74 Å². The van der Waals surface area contributed by atoms with Gasteiger partial charge in [0.2, 0.25) is 0 Å². The molecule has 1 aromatic carbocycles. The van der Waals surface area contributed by atoms with Crippen LogP contribution in [0.5, 0.6) is 5.75 Å². The Bertz CT molecular complexity index is 500. The molecule has 18 heavy (non-hydrogen) atoms. The summed E-state index contributed by atoms with van der Waals surface area (Å²) in [5.41, 5.74) is 4.82. The van der Waals surface area contributed by atoms with E-state index in [0.717, 1.165) is 12.4 Å². The van der Waals surface area contributed by atoms with Crippen LogP contribution in [0.25, 0.3) is 0 Å². The number of rotatable bonds is 4. The fraction of sp³-hybridized carbons (Fsp3) is 0.500. The molecule has 1 aliphatic heterocycles. The van der Waals surface area contributed by atoms with Crippen LogP contribution in [0, 0.1) is 0 Å². The normalized spacial score (nSPS) is 28.9. The van der Waals surface area contributed by atoms with Gasteiger partial charge in [0.05, 0.1) is 6.61 Å². The number of benzene rings is 1. The topological polar surface area (TPSA) is 21.8 Å². The van der Waals surface area contributed by atoms with Crippen molar-refractivity contribution in [1.82, 2.24) is 0 Å². The lowest BCUT2D eigenvalue weighted by Gasteiger charge is -2.24. The van der Waals surface area contributed by atoms with Gasteiger partial charge in [-0.2, -0.15) is 0 Å². The summed E-state index contributed by atoms with van der Waals surface area (Å²) in [5.74, 6) is 1.70. The summed E-state index contributed by atoms with van der Waals surface area (Å²) in [6.07, 6.45) is 5.57. The Kier molecular flexibility index (Phi) is 2.44. The average Bonchev–Trinajstić information content (AvgIpc) is 3.14. The molecule has 0 N–H and O–H groups in total. The molecular weight excluding hydrogens is 224 g/mol. The summed E-state index contributed by atoms with van der Waals surface area (Å²) >= 11 is 0. The second-order valence-corrected chi connectivity index (χ2v) is 5.52. The first-order chi connectivity index (χ1) is 8.92. The molecule has 4 rings (SSSR count). The highest BCUT2D eigenvalue weighted by Crippen LogP contribution is 2.51. The molecule has 0 saturated carbocycles. The standard InChI is InChI=1S/C16H18O2/c1-2-4-16(18-10-12-9-17-12)15(3-1)14-8-6-11-5-7-13(11)14/h1-4,12,14H,5-10H2. The van der Waals surface area contributed by atoms with Gasteiger partial charge in [0.1, 0.15) is 18.5 Å². The van der Waals surface area contributed by atoms with Gasteiger partial charge in [-0.05, 0) is 31.7 Å². The maximum absolute atomic E-state index is 5.93. The average molecular weight is 242 g/mol. The fourth-order valence-electron chi connectivity index (χ4n) is 3.24. The minimum absolute atomic E-state index is 0.333. The molecule has 0 aromatic heterocycles. The minimum atomic E-state index is 0.333. The van der Waals surface area contributed by atoms with E-state index in [1.54, 1.807) is 11.1 Å². The SMILES string of the molecule is c1ccc(C2CCC3=C2CC3)c(OCC2CO2)c1. The third-order valence-electron chi connectivity index (χ3n) is 4.43. The molecule has 1 heterocycles. The first-order valence-electron chi connectivity index (χ1n) is 6.96. The summed E-state index contributed by atoms with van der Waals surface area (Å²) < 4.78 is 11.1. The van der Waals surface area contributed by atoms with E-state index in [0.29, 0.717) is 18.6 Å². The molecule has 0 spiro atoms. The summed E-state index contributed by atoms with van der Waals surface area (Å²) in [7, 11) is 0. The molecule has 1 aromatic rings. The van der Waals surface area contributed by atoms with Gasteiger partial charge in [-0.15, -0.1) is 0 Å². The van der Waals surface area contributed by atoms with Gasteiger partial charge in [0.15, 0.2) is 0 Å². The van der Waals surface area contributed by atoms with Crippen LogP contribution in [-0.2, 0) is 4.74 Å². The third kappa shape index (κ3) is 1.76. The van der Waals surface area contributed by atoms with Gasteiger partial charge in [-0.3, -0.25) is 0 Å². The highest BCUT2D eigenvalue weighted by atomic mass is 16.6. The van der Waals surface area contributed by atoms with Crippen LogP contribution in [-0.4, -0.2) is 19.3 Å². The van der Waals surface area contributed by atoms with E-state index in [1.807, 2.05) is 0 Å². The lowest BCUT2D eigenvalue weighted by atomic mass is 9.83. The number of ether oxygens (including phenoxy) is 2. The van der Waals surface area contributed by atoms with Crippen LogP contribution >= 0.6 is 0 Å². The largest absolute Gasteiger partial charge is 0.490 e. The molecule has 2 nitrogen and oxygen atoms in total. The van der Waals surface area contributed by atoms with Crippen molar-refractivity contribution in [2.24, 2.45) is 0 Å². The lowest BCUT2D eigenvalue weighted by Crippen LogP contribution is -2.09. The first-order valence-corrected chi connectivity index (χ1v) is 6.96. The zero-order valence-corrected chi connectivity index (χ0v) is 10.5. The van der Waals surface area contributed by atoms with Gasteiger partial charge in [-0.1, -0.05) is 29.3 Å². The van der Waals surface area contributed by atoms with Crippen molar-refractivity contribution in [2.75, 3.05) is 13.2 Å². The van der Waals surface area contributed by atoms with E-state index in [-0.39, 0.29) is 0 Å². The Balaban J connectivity index is 1.59. The summed E-state index contributed by atoms with van der Waals surface area (Å²) in [4.78, 5) is 0. The van der Waals surface area contributed by atoms with E-state index in [4.69, 9.17) is 9.47 Å². The fourth-order valence-corrected chi connectivity index (χ4v) is 3.24. The van der Waals surface area contributed by atoms with Gasteiger partial charge < -0.3 is 9.47 Å². The smallest absolute Gasteiger partial charge is 0.123 e. The van der Waals surface area contributed by atoms with Crippen LogP contribution in [0.1, 0.15) is 37.2 Å². The molecule has 3 aliphatic rings. The van der Waals surface area contributed by atoms with Crippen molar-refractivity contribution in [2.45, 2.75) is 37.7 Å². The minimum Gasteiger partial charge on any atom is -0.490 e. The highest BCUT2D eigenvalue weighted by molar-refractivity contribution is 5.46. The molecule has 2 unspecified atom stereocenters. The number of hydrogen-bond acceptors (Lipinski definition) is 2. The Hall–Kier alpha value is -1.28. The summed E-state index contributed by atoms with van der Waals surface area (Å²) in [6.45, 7) is 1.57. The van der Waals surface area contributed by atoms with Crippen molar-refractivity contribution < 1.29 is 9.47 Å². The van der Waals surface area contributed by atoms with E-state index in [9.17, 15) is 0 Å². The quantitative estimate of drug-likeness (QED) is 0.596. The van der Waals surface area contributed by atoms with Crippen LogP contribution in [0.4, 0.5) is 0 Å². The van der Waals surface area contributed by atoms with Crippen molar-refractivity contribution >= 4 is 0 Å². The Morgan fingerprint density at radius 1 is 1.17 bits per heavy atom. The van der Waals surface area contributed by atoms with Gasteiger partial charge in [-0.25, -0.2) is 0 Å². The molecule has 0 radical (unpaired) electrons. The second kappa shape index (κ2) is 4.13. The third-order valence-corrected chi connectivity index (χ3v) is 4.43. The number of para-hydroxylation sites is 1. The first kappa shape index (κ1) is 10.6. The van der Waals surface area contributed by atoms with Crippen LogP contribution in [0.3, 0.4) is 0 Å². The number of epoxide rings is 1. The molecule has 1 fully saturated rings. The maximum Gasteiger partial charge on any atom is 0.123 e. The molecular formula is C16H18O2. The van der Waals surface area contributed by atoms with Crippen LogP contribution in [0.2, 0.25) is 0 Å². The number of allylic oxidation sites excluding steroid dienone is 2. The zero-order chi connectivity index (χ0) is 11.9. The van der Waals surface area contributed by atoms with E-state index >= 15 is 0 Å². The Morgan fingerprint density at radius 2 is 2.06 bits per heavy atom. The highest BCUT2D eigenvalue weighted by Gasteiger charge is 2.33. The monoisotopic (exact) mass is 242 g/mol. The van der Waals surface area contributed by atoms with Crippen molar-refractivity contribution in [3.05, 3.63) is 41.0 Å². The molecule has 2 heteroatoms. The summed E-state index contributed by atoms with van der Waals surface area (Å²) in [5, 5.41) is 0. The molecule has 94 valence electrons. The van der Waals surface area contributed by atoms with E-state index in [1.165, 1.54) is 31.2 Å². The molecule has 2 atom stereocenters. The second-order valence-electron chi connectivity index (χ2n) is 5.52. The molecule has 0 amide bonds. The number of hydrogen-bond donors (Lipinski definition) is 0. The predicted octanol–water partition coefficient (Wildman–Crippen LogP) is 3.43. The van der Waals surface area contributed by atoms with Crippen molar-refractivity contribution in [3.63, 3.8) is 0 Å². The predicted molar refractivity (Wildman–Crippen MR) is 69.9 cm³/mol. The Labute approximate surface area is 108 Å². The summed E-state index contributed by atoms with van der Waals surface area (Å²) in [6, 6.07) is 8.54. The maximum atomic E-state index is 5.93. The van der Waals surface area contributed by atoms with Gasteiger partial charge in [0.25, 0.3) is 0 Å². The van der Waals surface area contributed by atoms with Crippen LogP contribution in [0.15, 0.2) is 35.4 Å². The Morgan fingerprint density at radius 3 is 2.78 bits per heavy atom. The molecule has 2 aliphatic carbocycles. The van der Waals surface area contributed by atoms with E-state index in [2.05, 4.69) is 24.3 Å². The van der Waals surface area contributed by atoms with Gasteiger partial charge in [0, 0.05) is 11.5 Å². The molecule has 0 bridgehead atoms. The molecule has 1 saturated heterocycles. The van der Waals surface area contributed by atoms with Gasteiger partial charge >= 0.3 is 0 Å². The lowest BCUT2D eigenvalue weighted by molar-refractivity contribution is 0.260. The zero-order valence-electron chi connectivity index (χ0n) is 10.5. The van der Waals surface area contributed by atoms with Crippen molar-refractivity contribution in [3.8, 4) is 5.75 Å². The van der Waals surface area contributed by atoms with E-state index < -0.39 is 0 Å². The van der Waals surface area contributed by atoms with Crippen molar-refractivity contribution in [1.29, 1.82) is 0 Å².